The molecule has 0 unspecified atom stereocenters. The summed E-state index contributed by atoms with van der Waals surface area (Å²) in [4.78, 5) is 9.52. The van der Waals surface area contributed by atoms with E-state index >= 15 is 0 Å². The number of anilines is 2. The lowest BCUT2D eigenvalue weighted by molar-refractivity contribution is 0.410. The highest BCUT2D eigenvalue weighted by atomic mass is 35.5. The van der Waals surface area contributed by atoms with Gasteiger partial charge in [-0.2, -0.15) is 0 Å². The van der Waals surface area contributed by atoms with Gasteiger partial charge in [0.1, 0.15) is 4.90 Å². The van der Waals surface area contributed by atoms with Gasteiger partial charge in [0.15, 0.2) is 0 Å². The number of halogens is 1. The van der Waals surface area contributed by atoms with Gasteiger partial charge in [0, 0.05) is 29.4 Å². The fourth-order valence-corrected chi connectivity index (χ4v) is 6.65. The van der Waals surface area contributed by atoms with Crippen LogP contribution >= 0.6 is 11.6 Å². The molecule has 38 heavy (non-hydrogen) atoms. The summed E-state index contributed by atoms with van der Waals surface area (Å²) in [5.74, 6) is 0.659. The molecule has 1 saturated carbocycles. The van der Waals surface area contributed by atoms with Gasteiger partial charge in [0.05, 0.1) is 10.5 Å². The lowest BCUT2D eigenvalue weighted by atomic mass is 9.92. The maximum Gasteiger partial charge on any atom is 0.263 e. The van der Waals surface area contributed by atoms with Gasteiger partial charge >= 0.3 is 0 Å². The van der Waals surface area contributed by atoms with E-state index in [1.54, 1.807) is 24.3 Å². The largest absolute Gasteiger partial charge is 0.351 e. The van der Waals surface area contributed by atoms with Gasteiger partial charge in [-0.05, 0) is 97.7 Å². The Bertz CT molecular complexity index is 1580. The van der Waals surface area contributed by atoms with Crippen molar-refractivity contribution in [1.82, 2.24) is 9.97 Å². The third-order valence-electron chi connectivity index (χ3n) is 7.16. The first kappa shape index (κ1) is 26.4. The molecular formula is C29H32ClN5O2S. The summed E-state index contributed by atoms with van der Waals surface area (Å²) in [5, 5.41) is 4.65. The van der Waals surface area contributed by atoms with Crippen LogP contribution in [0.2, 0.25) is 5.02 Å². The fraction of sp³-hybridized carbons (Fsp3) is 0.310. The predicted octanol–water partition coefficient (Wildman–Crippen LogP) is 6.30. The van der Waals surface area contributed by atoms with Crippen molar-refractivity contribution < 1.29 is 8.42 Å². The summed E-state index contributed by atoms with van der Waals surface area (Å²) < 4.78 is 28.4. The van der Waals surface area contributed by atoms with E-state index in [-0.39, 0.29) is 9.92 Å². The van der Waals surface area contributed by atoms with Crippen LogP contribution in [0.4, 0.5) is 11.6 Å². The first-order chi connectivity index (χ1) is 18.2. The minimum Gasteiger partial charge on any atom is -0.351 e. The second-order valence-corrected chi connectivity index (χ2v) is 12.0. The number of aromatic nitrogens is 2. The number of benzene rings is 3. The molecule has 198 valence electrons. The van der Waals surface area contributed by atoms with Gasteiger partial charge in [0.2, 0.25) is 5.95 Å². The van der Waals surface area contributed by atoms with Crippen LogP contribution in [0, 0.1) is 6.92 Å². The number of rotatable bonds is 7. The number of nitrogens with two attached hydrogens (primary N) is 1. The zero-order chi connectivity index (χ0) is 26.9. The lowest BCUT2D eigenvalue weighted by Crippen LogP contribution is -2.33. The first-order valence-electron chi connectivity index (χ1n) is 12.9. The summed E-state index contributed by atoms with van der Waals surface area (Å²) in [7, 11) is -3.81. The Balaban J connectivity index is 1.41. The van der Waals surface area contributed by atoms with Gasteiger partial charge in [-0.25, -0.2) is 18.4 Å². The third-order valence-corrected chi connectivity index (χ3v) is 9.04. The van der Waals surface area contributed by atoms with Crippen molar-refractivity contribution in [1.29, 1.82) is 0 Å². The van der Waals surface area contributed by atoms with Crippen LogP contribution in [0.3, 0.4) is 0 Å². The van der Waals surface area contributed by atoms with E-state index in [1.165, 1.54) is 6.07 Å². The fourth-order valence-electron chi connectivity index (χ4n) is 5.08. The molecule has 1 aliphatic rings. The monoisotopic (exact) mass is 549 g/mol. The Kier molecular flexibility index (Phi) is 7.56. The van der Waals surface area contributed by atoms with Crippen LogP contribution in [-0.2, 0) is 16.4 Å². The summed E-state index contributed by atoms with van der Waals surface area (Å²) >= 11 is 6.11. The molecule has 4 N–H and O–H groups in total. The number of fused-ring (bicyclic) bond motifs is 1. The quantitative estimate of drug-likeness (QED) is 0.249. The van der Waals surface area contributed by atoms with Crippen molar-refractivity contribution in [2.24, 2.45) is 5.73 Å². The summed E-state index contributed by atoms with van der Waals surface area (Å²) in [6.45, 7) is 4.09. The number of sulfonamides is 1. The third kappa shape index (κ3) is 5.62. The van der Waals surface area contributed by atoms with E-state index in [1.807, 2.05) is 25.3 Å². The lowest BCUT2D eigenvalue weighted by Gasteiger charge is -2.26. The number of hydrogen-bond donors (Lipinski definition) is 3. The van der Waals surface area contributed by atoms with Crippen molar-refractivity contribution >= 4 is 44.2 Å². The zero-order valence-electron chi connectivity index (χ0n) is 21.5. The Morgan fingerprint density at radius 3 is 2.53 bits per heavy atom. The topological polar surface area (TPSA) is 110 Å². The molecule has 7 nitrogen and oxygen atoms in total. The molecule has 1 fully saturated rings. The van der Waals surface area contributed by atoms with E-state index in [0.29, 0.717) is 23.7 Å². The summed E-state index contributed by atoms with van der Waals surface area (Å²) in [6.07, 6.45) is 6.82. The van der Waals surface area contributed by atoms with Crippen molar-refractivity contribution in [2.45, 2.75) is 62.9 Å². The molecule has 0 atom stereocenters. The molecule has 0 amide bonds. The van der Waals surface area contributed by atoms with E-state index in [9.17, 15) is 8.42 Å². The van der Waals surface area contributed by atoms with E-state index < -0.39 is 10.0 Å². The number of nitrogens with zero attached hydrogens (tertiary/aromatic N) is 2. The summed E-state index contributed by atoms with van der Waals surface area (Å²) in [6, 6.07) is 16.8. The number of nitrogens with one attached hydrogen (secondary N) is 2. The zero-order valence-corrected chi connectivity index (χ0v) is 23.1. The van der Waals surface area contributed by atoms with Crippen LogP contribution in [0.5, 0.6) is 0 Å². The molecule has 1 heterocycles. The molecule has 0 aliphatic heterocycles. The van der Waals surface area contributed by atoms with Crippen LogP contribution in [-0.4, -0.2) is 30.5 Å². The van der Waals surface area contributed by atoms with Crippen LogP contribution in [0.25, 0.3) is 22.0 Å². The molecule has 0 saturated heterocycles. The normalized spacial score (nSPS) is 17.9. The smallest absolute Gasteiger partial charge is 0.263 e. The van der Waals surface area contributed by atoms with Crippen molar-refractivity contribution in [3.8, 4) is 11.1 Å². The minimum absolute atomic E-state index is 0.0476. The van der Waals surface area contributed by atoms with E-state index in [2.05, 4.69) is 34.1 Å². The molecule has 0 bridgehead atoms. The molecule has 5 rings (SSSR count). The molecule has 1 aromatic heterocycles. The van der Waals surface area contributed by atoms with Gasteiger partial charge < -0.3 is 11.1 Å². The van der Waals surface area contributed by atoms with Crippen LogP contribution in [0.1, 0.15) is 43.7 Å². The molecule has 4 aromatic rings. The highest BCUT2D eigenvalue weighted by molar-refractivity contribution is 7.92. The van der Waals surface area contributed by atoms with Crippen LogP contribution < -0.4 is 15.8 Å². The van der Waals surface area contributed by atoms with Crippen molar-refractivity contribution in [2.75, 3.05) is 10.0 Å². The average Bonchev–Trinajstić information content (AvgIpc) is 2.89. The van der Waals surface area contributed by atoms with E-state index in [4.69, 9.17) is 22.3 Å². The molecule has 0 spiro atoms. The maximum atomic E-state index is 12.9. The van der Waals surface area contributed by atoms with Crippen LogP contribution in [0.15, 0.2) is 65.7 Å². The highest BCUT2D eigenvalue weighted by Gasteiger charge is 2.20. The van der Waals surface area contributed by atoms with Gasteiger partial charge in [-0.15, -0.1) is 0 Å². The molecular weight excluding hydrogens is 518 g/mol. The minimum atomic E-state index is -3.81. The summed E-state index contributed by atoms with van der Waals surface area (Å²) in [5.41, 5.74) is 11.6. The Labute approximate surface area is 228 Å². The Morgan fingerprint density at radius 2 is 1.82 bits per heavy atom. The Morgan fingerprint density at radius 1 is 1.05 bits per heavy atom. The van der Waals surface area contributed by atoms with Crippen molar-refractivity contribution in [3.63, 3.8) is 0 Å². The highest BCUT2D eigenvalue weighted by Crippen LogP contribution is 2.32. The van der Waals surface area contributed by atoms with Gasteiger partial charge in [-0.3, -0.25) is 4.72 Å². The average molecular weight is 550 g/mol. The Hall–Kier alpha value is -3.20. The molecule has 0 radical (unpaired) electrons. The number of hydrogen-bond acceptors (Lipinski definition) is 6. The second kappa shape index (κ2) is 10.9. The number of aryl methyl sites for hydroxylation is 2. The van der Waals surface area contributed by atoms with Gasteiger partial charge in [0.25, 0.3) is 10.0 Å². The maximum absolute atomic E-state index is 12.9. The first-order valence-corrected chi connectivity index (χ1v) is 14.8. The molecule has 3 aromatic carbocycles. The molecule has 9 heteroatoms. The molecule has 1 aliphatic carbocycles. The predicted molar refractivity (Wildman–Crippen MR) is 155 cm³/mol. The second-order valence-electron chi connectivity index (χ2n) is 9.94. The van der Waals surface area contributed by atoms with E-state index in [0.717, 1.165) is 65.3 Å². The SMILES string of the molecule is CCc1cc(-c2ccc(NS(=O)(=O)c3ccccc3Cl)cc2C)cc2cnc(N[C@H]3CC[C@H](N)CC3)nc12. The van der Waals surface area contributed by atoms with Gasteiger partial charge in [-0.1, -0.05) is 36.7 Å². The van der Waals surface area contributed by atoms with Crippen molar-refractivity contribution in [3.05, 3.63) is 76.9 Å². The standard InChI is InChI=1S/C29H32ClN5O2S/c1-3-19-15-20(16-21-17-32-29(34-28(19)21)33-23-10-8-22(31)9-11-23)25-13-12-24(14-18(25)2)35-38(36,37)27-7-5-4-6-26(27)30/h4-7,12-17,22-23,35H,3,8-11,31H2,1-2H3,(H,32,33,34)/t22-,23-.